The maximum absolute atomic E-state index is 13.2. The molecule has 1 aromatic carbocycles. The molecule has 0 bridgehead atoms. The number of hydrogen-bond donors (Lipinski definition) is 3. The lowest BCUT2D eigenvalue weighted by Crippen LogP contribution is -2.47. The van der Waals surface area contributed by atoms with Crippen LogP contribution in [-0.4, -0.2) is 93.3 Å². The van der Waals surface area contributed by atoms with E-state index in [1.807, 2.05) is 0 Å². The minimum Gasteiger partial charge on any atom is -0.491 e. The van der Waals surface area contributed by atoms with Crippen LogP contribution >= 0.6 is 0 Å². The molecule has 2 atom stereocenters. The molecule has 12 nitrogen and oxygen atoms in total. The number of benzene rings is 1. The number of nitrogens with one attached hydrogen (secondary N) is 2. The van der Waals surface area contributed by atoms with Crippen molar-refractivity contribution >= 4 is 25.7 Å². The fraction of sp³-hybridized carbons (Fsp3) is 0.480. The second-order valence-corrected chi connectivity index (χ2v) is 13.7. The van der Waals surface area contributed by atoms with E-state index in [4.69, 9.17) is 9.47 Å². The maximum atomic E-state index is 13.2. The van der Waals surface area contributed by atoms with Gasteiger partial charge in [0.05, 0.1) is 22.0 Å². The first kappa shape index (κ1) is 28.0. The highest BCUT2D eigenvalue weighted by Crippen LogP contribution is 2.37. The van der Waals surface area contributed by atoms with Crippen molar-refractivity contribution in [1.29, 1.82) is 0 Å². The lowest BCUT2D eigenvalue weighted by atomic mass is 9.88. The standard InChI is InChI=1S/C25H33N5O7S2/c1-26-38(32,33)22-4-2-3-21(13-22)36-18-20(31)15-28-19-14-25(37-17-19)7-10-30(11-8-25)39(34,35)23-5-6-24-27-9-12-29(24)16-23/h2-6,9,12-13,16,19-20,26,28,31H,7-8,10-11,14-15,17-18H2,1H3/t19-,20+/m1/s1. The second kappa shape index (κ2) is 11.1. The van der Waals surface area contributed by atoms with E-state index in [0.29, 0.717) is 43.9 Å². The SMILES string of the molecule is CNS(=O)(=O)c1cccc(OC[C@@H](O)CN[C@H]2COC3(CCN(S(=O)(=O)c4ccc5nccn5c4)CC3)C2)c1. The van der Waals surface area contributed by atoms with Crippen molar-refractivity contribution in [3.8, 4) is 5.75 Å². The molecule has 0 radical (unpaired) electrons. The zero-order valence-electron chi connectivity index (χ0n) is 21.6. The first-order chi connectivity index (χ1) is 18.6. The van der Waals surface area contributed by atoms with Crippen LogP contribution in [0.2, 0.25) is 0 Å². The van der Waals surface area contributed by atoms with Crippen LogP contribution < -0.4 is 14.8 Å². The molecule has 0 amide bonds. The third kappa shape index (κ3) is 6.11. The molecule has 39 heavy (non-hydrogen) atoms. The minimum absolute atomic E-state index is 0.00748. The number of sulfonamides is 2. The van der Waals surface area contributed by atoms with Gasteiger partial charge in [0.25, 0.3) is 0 Å². The summed E-state index contributed by atoms with van der Waals surface area (Å²) in [6.45, 7) is 1.48. The van der Waals surface area contributed by atoms with Crippen LogP contribution in [0.5, 0.6) is 5.75 Å². The Hall–Kier alpha value is -2.59. The van der Waals surface area contributed by atoms with Gasteiger partial charge >= 0.3 is 0 Å². The molecule has 3 aromatic rings. The monoisotopic (exact) mass is 579 g/mol. The molecule has 212 valence electrons. The normalized spacial score (nSPS) is 20.9. The molecule has 2 saturated heterocycles. The number of aliphatic hydroxyl groups is 1. The van der Waals surface area contributed by atoms with Crippen LogP contribution in [0.15, 0.2) is 64.8 Å². The molecule has 5 rings (SSSR count). The summed E-state index contributed by atoms with van der Waals surface area (Å²) in [7, 11) is -5.87. The highest BCUT2D eigenvalue weighted by atomic mass is 32.2. The molecule has 0 aliphatic carbocycles. The Morgan fingerprint density at radius 1 is 1.18 bits per heavy atom. The molecule has 2 aliphatic heterocycles. The van der Waals surface area contributed by atoms with E-state index in [9.17, 15) is 21.9 Å². The number of hydrogen-bond acceptors (Lipinski definition) is 9. The van der Waals surface area contributed by atoms with Crippen molar-refractivity contribution in [1.82, 2.24) is 23.7 Å². The average molecular weight is 580 g/mol. The van der Waals surface area contributed by atoms with E-state index in [1.165, 1.54) is 23.5 Å². The van der Waals surface area contributed by atoms with E-state index in [0.717, 1.165) is 6.42 Å². The average Bonchev–Trinajstić information content (AvgIpc) is 3.58. The summed E-state index contributed by atoms with van der Waals surface area (Å²) in [5.41, 5.74) is 0.300. The summed E-state index contributed by atoms with van der Waals surface area (Å²) in [5.74, 6) is 0.347. The molecule has 2 aliphatic rings. The molecule has 3 N–H and O–H groups in total. The van der Waals surface area contributed by atoms with E-state index in [2.05, 4.69) is 15.0 Å². The van der Waals surface area contributed by atoms with Gasteiger partial charge in [-0.2, -0.15) is 4.31 Å². The molecule has 4 heterocycles. The fourth-order valence-corrected chi connectivity index (χ4v) is 7.28. The molecule has 2 fully saturated rings. The van der Waals surface area contributed by atoms with Crippen molar-refractivity contribution < 1.29 is 31.4 Å². The van der Waals surface area contributed by atoms with Gasteiger partial charge in [0.15, 0.2) is 0 Å². The Bertz CT molecular complexity index is 1520. The maximum Gasteiger partial charge on any atom is 0.244 e. The highest BCUT2D eigenvalue weighted by Gasteiger charge is 2.44. The second-order valence-electron chi connectivity index (χ2n) is 9.91. The van der Waals surface area contributed by atoms with Crippen LogP contribution in [0.4, 0.5) is 0 Å². The first-order valence-corrected chi connectivity index (χ1v) is 15.7. The summed E-state index contributed by atoms with van der Waals surface area (Å²) in [6, 6.07) is 9.38. The van der Waals surface area contributed by atoms with Gasteiger partial charge in [-0.1, -0.05) is 6.07 Å². The molecule has 2 aromatic heterocycles. The summed E-state index contributed by atoms with van der Waals surface area (Å²) in [4.78, 5) is 4.48. The molecule has 14 heteroatoms. The summed E-state index contributed by atoms with van der Waals surface area (Å²) in [6.07, 6.45) is 6.03. The van der Waals surface area contributed by atoms with Gasteiger partial charge < -0.3 is 24.3 Å². The molecular weight excluding hydrogens is 546 g/mol. The van der Waals surface area contributed by atoms with Crippen molar-refractivity contribution in [3.05, 3.63) is 55.0 Å². The van der Waals surface area contributed by atoms with Crippen LogP contribution in [0.25, 0.3) is 5.65 Å². The Morgan fingerprint density at radius 2 is 1.97 bits per heavy atom. The van der Waals surface area contributed by atoms with Gasteiger partial charge in [0.2, 0.25) is 20.0 Å². The smallest absolute Gasteiger partial charge is 0.244 e. The summed E-state index contributed by atoms with van der Waals surface area (Å²) in [5, 5.41) is 13.7. The number of fused-ring (bicyclic) bond motifs is 1. The zero-order chi connectivity index (χ0) is 27.7. The molecular formula is C25H33N5O7S2. The van der Waals surface area contributed by atoms with Crippen molar-refractivity contribution in [2.45, 2.75) is 46.8 Å². The van der Waals surface area contributed by atoms with E-state index >= 15 is 0 Å². The van der Waals surface area contributed by atoms with Crippen LogP contribution in [-0.2, 0) is 24.8 Å². The fourth-order valence-electron chi connectivity index (χ4n) is 5.06. The van der Waals surface area contributed by atoms with Gasteiger partial charge in [-0.3, -0.25) is 0 Å². The Balaban J connectivity index is 1.08. The zero-order valence-corrected chi connectivity index (χ0v) is 23.2. The van der Waals surface area contributed by atoms with Gasteiger partial charge in [0, 0.05) is 50.3 Å². The Labute approximate surface area is 228 Å². The van der Waals surface area contributed by atoms with Gasteiger partial charge in [0.1, 0.15) is 24.1 Å². The van der Waals surface area contributed by atoms with Crippen molar-refractivity contribution in [2.24, 2.45) is 0 Å². The first-order valence-electron chi connectivity index (χ1n) is 12.7. The highest BCUT2D eigenvalue weighted by molar-refractivity contribution is 7.89. The number of ether oxygens (including phenoxy) is 2. The molecule has 0 saturated carbocycles. The quantitative estimate of drug-likeness (QED) is 0.313. The number of aromatic nitrogens is 2. The molecule has 1 spiro atoms. The predicted molar refractivity (Wildman–Crippen MR) is 142 cm³/mol. The van der Waals surface area contributed by atoms with Gasteiger partial charge in [-0.15, -0.1) is 0 Å². The van der Waals surface area contributed by atoms with Crippen molar-refractivity contribution in [2.75, 3.05) is 39.9 Å². The summed E-state index contributed by atoms with van der Waals surface area (Å²) >= 11 is 0. The van der Waals surface area contributed by atoms with E-state index in [-0.39, 0.29) is 29.0 Å². The summed E-state index contributed by atoms with van der Waals surface area (Å²) < 4.78 is 67.6. The third-order valence-corrected chi connectivity index (χ3v) is 10.6. The van der Waals surface area contributed by atoms with E-state index < -0.39 is 31.8 Å². The lowest BCUT2D eigenvalue weighted by Gasteiger charge is -2.38. The number of aliphatic hydroxyl groups excluding tert-OH is 1. The number of imidazole rings is 1. The van der Waals surface area contributed by atoms with Crippen LogP contribution in [0.3, 0.4) is 0 Å². The number of nitrogens with zero attached hydrogens (tertiary/aromatic N) is 3. The van der Waals surface area contributed by atoms with E-state index in [1.54, 1.807) is 47.3 Å². The largest absolute Gasteiger partial charge is 0.491 e. The number of rotatable bonds is 10. The minimum atomic E-state index is -3.62. The third-order valence-electron chi connectivity index (χ3n) is 7.31. The molecule has 0 unspecified atom stereocenters. The van der Waals surface area contributed by atoms with Gasteiger partial charge in [-0.25, -0.2) is 26.5 Å². The topological polar surface area (TPSA) is 152 Å². The van der Waals surface area contributed by atoms with Crippen LogP contribution in [0.1, 0.15) is 19.3 Å². The number of pyridine rings is 1. The van der Waals surface area contributed by atoms with Crippen LogP contribution in [0, 0.1) is 0 Å². The Kier molecular flexibility index (Phi) is 7.97. The van der Waals surface area contributed by atoms with Crippen molar-refractivity contribution in [3.63, 3.8) is 0 Å². The predicted octanol–water partition coefficient (Wildman–Crippen LogP) is 0.584. The Morgan fingerprint density at radius 3 is 2.74 bits per heavy atom. The number of piperidine rings is 1. The van der Waals surface area contributed by atoms with Gasteiger partial charge in [-0.05, 0) is 50.6 Å². The lowest BCUT2D eigenvalue weighted by molar-refractivity contribution is -0.0312.